The van der Waals surface area contributed by atoms with Crippen molar-refractivity contribution in [3.05, 3.63) is 51.3 Å². The molecule has 0 unspecified atom stereocenters. The molecule has 18 heavy (non-hydrogen) atoms. The SMILES string of the molecule is O=C(O)c1ccc(Cl)cc1OCc1ccc(Br)o1. The summed E-state index contributed by atoms with van der Waals surface area (Å²) in [6, 6.07) is 7.83. The zero-order valence-electron chi connectivity index (χ0n) is 9.02. The highest BCUT2D eigenvalue weighted by Gasteiger charge is 2.12. The highest BCUT2D eigenvalue weighted by Crippen LogP contribution is 2.25. The van der Waals surface area contributed by atoms with Gasteiger partial charge >= 0.3 is 5.97 Å². The quantitative estimate of drug-likeness (QED) is 0.921. The highest BCUT2D eigenvalue weighted by atomic mass is 79.9. The fourth-order valence-corrected chi connectivity index (χ4v) is 1.87. The highest BCUT2D eigenvalue weighted by molar-refractivity contribution is 9.10. The monoisotopic (exact) mass is 330 g/mol. The maximum atomic E-state index is 11.0. The number of rotatable bonds is 4. The zero-order valence-corrected chi connectivity index (χ0v) is 11.4. The Bertz CT molecular complexity index is 579. The normalized spacial score (nSPS) is 10.3. The van der Waals surface area contributed by atoms with E-state index < -0.39 is 5.97 Å². The predicted molar refractivity (Wildman–Crippen MR) is 69.2 cm³/mol. The molecule has 0 spiro atoms. The van der Waals surface area contributed by atoms with E-state index >= 15 is 0 Å². The molecule has 0 aliphatic heterocycles. The summed E-state index contributed by atoms with van der Waals surface area (Å²) >= 11 is 8.97. The first-order valence-corrected chi connectivity index (χ1v) is 6.13. The average molecular weight is 332 g/mol. The molecule has 0 atom stereocenters. The van der Waals surface area contributed by atoms with Gasteiger partial charge in [-0.2, -0.15) is 0 Å². The van der Waals surface area contributed by atoms with Crippen LogP contribution in [0.25, 0.3) is 0 Å². The van der Waals surface area contributed by atoms with E-state index in [4.69, 9.17) is 25.9 Å². The molecule has 1 aromatic carbocycles. The van der Waals surface area contributed by atoms with Crippen LogP contribution in [0.2, 0.25) is 5.02 Å². The first-order chi connectivity index (χ1) is 8.56. The maximum absolute atomic E-state index is 11.0. The van der Waals surface area contributed by atoms with Crippen LogP contribution in [0.4, 0.5) is 0 Å². The van der Waals surface area contributed by atoms with Gasteiger partial charge in [0.05, 0.1) is 0 Å². The van der Waals surface area contributed by atoms with Crippen molar-refractivity contribution in [1.29, 1.82) is 0 Å². The standard InChI is InChI=1S/C12H8BrClO4/c13-11-4-2-8(18-11)6-17-10-5-7(14)1-3-9(10)12(15)16/h1-5H,6H2,(H,15,16). The Balaban J connectivity index is 2.17. The first kappa shape index (κ1) is 13.0. The largest absolute Gasteiger partial charge is 0.485 e. The summed E-state index contributed by atoms with van der Waals surface area (Å²) in [5.74, 6) is -0.275. The number of carboxylic acids is 1. The van der Waals surface area contributed by atoms with Crippen molar-refractivity contribution < 1.29 is 19.1 Å². The van der Waals surface area contributed by atoms with Crippen molar-refractivity contribution in [3.8, 4) is 5.75 Å². The lowest BCUT2D eigenvalue weighted by Crippen LogP contribution is -2.02. The third-order valence-corrected chi connectivity index (χ3v) is 2.83. The molecule has 2 rings (SSSR count). The molecule has 0 aliphatic carbocycles. The molecule has 94 valence electrons. The van der Waals surface area contributed by atoms with Crippen molar-refractivity contribution in [2.75, 3.05) is 0 Å². The third-order valence-electron chi connectivity index (χ3n) is 2.17. The van der Waals surface area contributed by atoms with E-state index in [1.54, 1.807) is 12.1 Å². The van der Waals surface area contributed by atoms with Gasteiger partial charge in [-0.3, -0.25) is 0 Å². The van der Waals surface area contributed by atoms with Gasteiger partial charge in [-0.25, -0.2) is 4.79 Å². The summed E-state index contributed by atoms with van der Waals surface area (Å²) in [5.41, 5.74) is 0.0602. The Morgan fingerprint density at radius 3 is 2.78 bits per heavy atom. The van der Waals surface area contributed by atoms with Gasteiger partial charge in [-0.1, -0.05) is 11.6 Å². The number of aromatic carboxylic acids is 1. The number of furan rings is 1. The molecular formula is C12H8BrClO4. The van der Waals surface area contributed by atoms with Crippen LogP contribution in [0.3, 0.4) is 0 Å². The number of halogens is 2. The molecule has 0 saturated heterocycles. The molecule has 4 nitrogen and oxygen atoms in total. The average Bonchev–Trinajstić information content (AvgIpc) is 2.72. The van der Waals surface area contributed by atoms with Crippen molar-refractivity contribution in [2.45, 2.75) is 6.61 Å². The van der Waals surface area contributed by atoms with Gasteiger partial charge in [-0.15, -0.1) is 0 Å². The topological polar surface area (TPSA) is 59.7 Å². The van der Waals surface area contributed by atoms with Gasteiger partial charge in [0.1, 0.15) is 23.7 Å². The first-order valence-electron chi connectivity index (χ1n) is 4.96. The zero-order chi connectivity index (χ0) is 13.1. The van der Waals surface area contributed by atoms with Crippen molar-refractivity contribution in [1.82, 2.24) is 0 Å². The Kier molecular flexibility index (Phi) is 3.93. The Morgan fingerprint density at radius 1 is 1.39 bits per heavy atom. The molecule has 6 heteroatoms. The Hall–Kier alpha value is -1.46. The molecule has 0 radical (unpaired) electrons. The van der Waals surface area contributed by atoms with Crippen LogP contribution < -0.4 is 4.74 Å². The predicted octanol–water partition coefficient (Wildman–Crippen LogP) is 3.97. The van der Waals surface area contributed by atoms with Crippen LogP contribution in [0.5, 0.6) is 5.75 Å². The van der Waals surface area contributed by atoms with Crippen LogP contribution in [-0.2, 0) is 6.61 Å². The van der Waals surface area contributed by atoms with E-state index in [1.807, 2.05) is 0 Å². The van der Waals surface area contributed by atoms with E-state index in [2.05, 4.69) is 15.9 Å². The van der Waals surface area contributed by atoms with Gasteiger partial charge in [0.15, 0.2) is 4.67 Å². The number of hydrogen-bond donors (Lipinski definition) is 1. The summed E-state index contributed by atoms with van der Waals surface area (Å²) in [4.78, 5) is 11.0. The molecule has 0 fully saturated rings. The second-order valence-corrected chi connectivity index (χ2v) is 4.66. The fraction of sp³-hybridized carbons (Fsp3) is 0.0833. The summed E-state index contributed by atoms with van der Waals surface area (Å²) in [6.45, 7) is 0.131. The van der Waals surface area contributed by atoms with Gasteiger partial charge < -0.3 is 14.3 Å². The van der Waals surface area contributed by atoms with Gasteiger partial charge in [0.2, 0.25) is 0 Å². The Morgan fingerprint density at radius 2 is 2.17 bits per heavy atom. The minimum Gasteiger partial charge on any atom is -0.485 e. The van der Waals surface area contributed by atoms with E-state index in [1.165, 1.54) is 18.2 Å². The number of carboxylic acid groups (broad SMARTS) is 1. The summed E-state index contributed by atoms with van der Waals surface area (Å²) < 4.78 is 11.2. The molecular weight excluding hydrogens is 323 g/mol. The number of carbonyl (C=O) groups is 1. The van der Waals surface area contributed by atoms with Crippen LogP contribution >= 0.6 is 27.5 Å². The molecule has 2 aromatic rings. The molecule has 0 amide bonds. The molecule has 0 aliphatic rings. The summed E-state index contributed by atoms with van der Waals surface area (Å²) in [5, 5.41) is 9.42. The lowest BCUT2D eigenvalue weighted by atomic mass is 10.2. The van der Waals surface area contributed by atoms with E-state index in [-0.39, 0.29) is 17.9 Å². The van der Waals surface area contributed by atoms with Crippen molar-refractivity contribution in [2.24, 2.45) is 0 Å². The second-order valence-electron chi connectivity index (χ2n) is 3.44. The molecule has 1 aromatic heterocycles. The Labute approximate surface area is 116 Å². The number of benzene rings is 1. The van der Waals surface area contributed by atoms with Gasteiger partial charge in [-0.05, 0) is 46.3 Å². The second kappa shape index (κ2) is 5.46. The molecule has 1 heterocycles. The van der Waals surface area contributed by atoms with E-state index in [0.717, 1.165) is 0 Å². The molecule has 0 bridgehead atoms. The summed E-state index contributed by atoms with van der Waals surface area (Å²) in [7, 11) is 0. The van der Waals surface area contributed by atoms with Crippen LogP contribution in [-0.4, -0.2) is 11.1 Å². The summed E-state index contributed by atoms with van der Waals surface area (Å²) in [6.07, 6.45) is 0. The van der Waals surface area contributed by atoms with Crippen molar-refractivity contribution in [3.63, 3.8) is 0 Å². The number of hydrogen-bond acceptors (Lipinski definition) is 3. The van der Waals surface area contributed by atoms with E-state index in [0.29, 0.717) is 15.5 Å². The van der Waals surface area contributed by atoms with Gasteiger partial charge in [0.25, 0.3) is 0 Å². The minimum absolute atomic E-state index is 0.0602. The van der Waals surface area contributed by atoms with Crippen molar-refractivity contribution >= 4 is 33.5 Å². The van der Waals surface area contributed by atoms with Crippen LogP contribution in [0.15, 0.2) is 39.4 Å². The lowest BCUT2D eigenvalue weighted by Gasteiger charge is -2.08. The fourth-order valence-electron chi connectivity index (χ4n) is 1.37. The lowest BCUT2D eigenvalue weighted by molar-refractivity contribution is 0.0691. The molecule has 0 saturated carbocycles. The minimum atomic E-state index is -1.07. The third kappa shape index (κ3) is 3.05. The number of ether oxygens (including phenoxy) is 1. The van der Waals surface area contributed by atoms with Gasteiger partial charge in [0, 0.05) is 5.02 Å². The smallest absolute Gasteiger partial charge is 0.339 e. The maximum Gasteiger partial charge on any atom is 0.339 e. The van der Waals surface area contributed by atoms with Crippen LogP contribution in [0.1, 0.15) is 16.1 Å². The molecule has 1 N–H and O–H groups in total. The van der Waals surface area contributed by atoms with Crippen LogP contribution in [0, 0.1) is 0 Å². The van der Waals surface area contributed by atoms with E-state index in [9.17, 15) is 4.79 Å².